The highest BCUT2D eigenvalue weighted by atomic mass is 32.2. The number of fused-ring (bicyclic) bond motifs is 13. The zero-order chi connectivity index (χ0) is 109. The fraction of sp³-hybridized carbons (Fsp3) is 0.304. The third-order valence-corrected chi connectivity index (χ3v) is 20.1. The minimum atomic E-state index is -0.402. The minimum absolute atomic E-state index is 0.302. The average molecular weight is 2010 g/mol. The molecule has 0 bridgehead atoms. The van der Waals surface area contributed by atoms with Crippen LogP contribution >= 0.6 is 11.8 Å². The number of para-hydroxylation sites is 13. The lowest BCUT2D eigenvalue weighted by atomic mass is 10.1. The van der Waals surface area contributed by atoms with Crippen molar-refractivity contribution < 1.29 is 36.6 Å². The quantitative estimate of drug-likeness (QED) is 0.103. The van der Waals surface area contributed by atoms with Crippen LogP contribution in [0.2, 0.25) is 0 Å². The highest BCUT2D eigenvalue weighted by Crippen LogP contribution is 2.32. The molecule has 0 radical (unpaired) electrons. The first-order chi connectivity index (χ1) is 72.8. The van der Waals surface area contributed by atoms with Crippen molar-refractivity contribution in [1.29, 1.82) is 0 Å². The van der Waals surface area contributed by atoms with Crippen molar-refractivity contribution in [2.75, 3.05) is 25.4 Å². The summed E-state index contributed by atoms with van der Waals surface area (Å²) in [5.74, 6) is 3.31. The fourth-order valence-electron chi connectivity index (χ4n) is 13.0. The summed E-state index contributed by atoms with van der Waals surface area (Å²) in [4.78, 5) is 40.4. The zero-order valence-electron chi connectivity index (χ0n) is 92.0. The van der Waals surface area contributed by atoms with Gasteiger partial charge in [-0.2, -0.15) is 15.3 Å². The molecule has 12 heterocycles. The lowest BCUT2D eigenvalue weighted by Gasteiger charge is -2.12. The second-order valence-electron chi connectivity index (χ2n) is 27.3. The maximum atomic E-state index is 10.7. The van der Waals surface area contributed by atoms with Gasteiger partial charge in [-0.05, 0) is 139 Å². The maximum Gasteiger partial charge on any atom is 0.417 e. The van der Waals surface area contributed by atoms with E-state index in [1.165, 1.54) is 48.2 Å². The van der Waals surface area contributed by atoms with Gasteiger partial charge in [-0.1, -0.05) is 417 Å². The van der Waals surface area contributed by atoms with E-state index in [1.807, 2.05) is 428 Å². The second-order valence-corrected chi connectivity index (χ2v) is 28.3. The Bertz CT molecular complexity index is 5790. The standard InChI is InChI=1S/C9H7N.C9H6O2.C9H10.C8H8O.C8H6O.C7H8N2.2C7H6N2.C7H5NO2.C7H7NO.C7H5NO.C7H7NS.C7H6O2.13C2H6/c1-2-6-9-8(4-1)5-3-7-10-9;10-9-6-5-7-3-1-2-4-8(7)11-9;1-2-5-9-7-3-6-8(9)4-1;2*1-2-4-8-7(3-1)5-6-9-8;1-2-4-7-6(3-1)8-5-9-7;2*1-2-4-7-6(3-1)5-8-9-7;9-7-8-5-3-1-2-4-6(5)10-7;4*1-2-4-7-6(3-1)8-5-9-7;13*1-2/h1-7H;1-6H;1-2,4-5H,3,6-7H2;1-4H,5-6H2;1-6H;1-7H,(H,8,9);1-4H,5H2;1-5H,(H,8,9);1-4H,(H,8,9);1-4,8H,5H2;1-5H;1-7H;1-4H,5H2;13*1-2H3. The van der Waals surface area contributed by atoms with Gasteiger partial charge in [0.2, 0.25) is 6.79 Å². The molecule has 0 saturated heterocycles. The van der Waals surface area contributed by atoms with E-state index >= 15 is 0 Å². The third kappa shape index (κ3) is 48.4. The Kier molecular flexibility index (Phi) is 76.3. The Hall–Kier alpha value is -15.2. The molecule has 6 aromatic heterocycles. The van der Waals surface area contributed by atoms with Gasteiger partial charge in [-0.25, -0.2) is 14.6 Å². The van der Waals surface area contributed by atoms with Crippen LogP contribution in [0.15, 0.2) is 418 Å². The van der Waals surface area contributed by atoms with Crippen LogP contribution in [0.1, 0.15) is 209 Å². The number of aryl methyl sites for hydroxylation is 2. The van der Waals surface area contributed by atoms with Crippen LogP contribution in [0.5, 0.6) is 23.0 Å². The first-order valence-electron chi connectivity index (χ1n) is 52.5. The Morgan fingerprint density at radius 2 is 0.871 bits per heavy atom. The number of aromatic nitrogens is 5. The number of nitrogens with zero attached hydrogens (tertiary/aromatic N) is 7. The van der Waals surface area contributed by atoms with Gasteiger partial charge in [-0.3, -0.25) is 25.1 Å². The highest BCUT2D eigenvalue weighted by molar-refractivity contribution is 8.13. The van der Waals surface area contributed by atoms with E-state index in [0.717, 1.165) is 103 Å². The van der Waals surface area contributed by atoms with Crippen molar-refractivity contribution in [2.24, 2.45) is 20.2 Å². The Morgan fingerprint density at radius 1 is 0.367 bits per heavy atom. The molecule has 17 aromatic rings. The number of thioether (sulfide) groups is 1. The predicted octanol–water partition coefficient (Wildman–Crippen LogP) is 35.4. The molecular formula is C125H165N11O10S. The van der Waals surface area contributed by atoms with Crippen LogP contribution in [0.25, 0.3) is 65.9 Å². The predicted molar refractivity (Wildman–Crippen MR) is 631 cm³/mol. The Labute approximate surface area is 880 Å². The summed E-state index contributed by atoms with van der Waals surface area (Å²) in [5.41, 5.74) is 16.3. The number of oxazole rings is 2. The number of azo groups is 1. The van der Waals surface area contributed by atoms with E-state index < -0.39 is 5.76 Å². The first kappa shape index (κ1) is 130. The number of H-pyrrole nitrogens is 2. The van der Waals surface area contributed by atoms with Crippen LogP contribution in [0.3, 0.4) is 0 Å². The molecule has 0 spiro atoms. The van der Waals surface area contributed by atoms with Crippen molar-refractivity contribution in [1.82, 2.24) is 30.5 Å². The summed E-state index contributed by atoms with van der Waals surface area (Å²) in [7, 11) is 0. The minimum Gasteiger partial charge on any atom is -0.493 e. The van der Waals surface area contributed by atoms with Crippen molar-refractivity contribution in [3.8, 4) is 23.0 Å². The molecule has 0 amide bonds. The summed E-state index contributed by atoms with van der Waals surface area (Å²) < 4.78 is 40.4. The van der Waals surface area contributed by atoms with Crippen molar-refractivity contribution in [3.63, 3.8) is 0 Å². The van der Waals surface area contributed by atoms with Crippen LogP contribution < -0.4 is 41.0 Å². The second kappa shape index (κ2) is 86.3. The lowest BCUT2D eigenvalue weighted by Crippen LogP contribution is -2.29. The van der Waals surface area contributed by atoms with E-state index in [9.17, 15) is 9.59 Å². The smallest absolute Gasteiger partial charge is 0.417 e. The largest absolute Gasteiger partial charge is 0.493 e. The zero-order valence-corrected chi connectivity index (χ0v) is 92.8. The molecule has 11 aromatic carbocycles. The number of allylic oxidation sites excluding steroid dienone is 4. The number of furan rings is 1. The number of hydrogen-bond acceptors (Lipinski definition) is 20. The monoisotopic (exact) mass is 2010 g/mol. The van der Waals surface area contributed by atoms with E-state index in [2.05, 4.69) is 141 Å². The first-order valence-corrected chi connectivity index (χ1v) is 53.4. The van der Waals surface area contributed by atoms with Crippen molar-refractivity contribution in [3.05, 3.63) is 414 Å². The average Bonchev–Trinajstić information content (AvgIpc) is 1.66. The summed E-state index contributed by atoms with van der Waals surface area (Å²) in [6, 6.07) is 97.1. The van der Waals surface area contributed by atoms with Crippen molar-refractivity contribution in [2.45, 2.75) is 236 Å². The van der Waals surface area contributed by atoms with E-state index in [0.29, 0.717) is 48.1 Å². The summed E-state index contributed by atoms with van der Waals surface area (Å²) in [5, 5.41) is 25.8. The van der Waals surface area contributed by atoms with Gasteiger partial charge in [-0.15, -0.1) is 11.8 Å². The number of ether oxygens (including phenoxy) is 4. The van der Waals surface area contributed by atoms with Gasteiger partial charge in [0.05, 0.1) is 88.8 Å². The maximum absolute atomic E-state index is 10.7. The van der Waals surface area contributed by atoms with Gasteiger partial charge < -0.3 is 47.2 Å². The van der Waals surface area contributed by atoms with E-state index in [-0.39, 0.29) is 5.63 Å². The molecule has 4 N–H and O–H groups in total. The fourth-order valence-corrected chi connectivity index (χ4v) is 13.8. The van der Waals surface area contributed by atoms with Crippen LogP contribution in [-0.2, 0) is 25.8 Å². The van der Waals surface area contributed by atoms with E-state index in [4.69, 9.17) is 36.6 Å². The molecule has 786 valence electrons. The molecule has 3 aliphatic carbocycles. The van der Waals surface area contributed by atoms with Crippen LogP contribution in [0.4, 0.5) is 11.4 Å². The number of rotatable bonds is 0. The molecule has 9 aliphatic rings. The molecule has 4 atom stereocenters. The number of aliphatic imine (C=N–C) groups is 2. The Balaban J connectivity index is 0.000000781. The number of anilines is 1. The SMILES string of the molecule is C1=CC2N=CNC2C=C1.C1=CC2N=CSC2C=C1.CC.CC.CC.CC.CC.CC.CC.CC.CC.CC.CC.CC.CC.O=c1[nH]c2ccccc2o1.O=c1ccc2ccccc2o1.c1ccc2[nH]ncc2c1.c1ccc2c(c1)CCC2.c1ccc2c(c1)CCO2.c1ccc2c(c1)CN=N2.c1ccc2c(c1)NCO2.c1ccc2c(c1)OCO2.c1ccc2ncccc2c1.c1ccc2occc2c1.c1ccc2ocnc2c1. The normalized spacial score (nSPS) is 13.5. The topological polar surface area (TPSA) is 267 Å². The van der Waals surface area contributed by atoms with E-state index in [1.54, 1.807) is 59.8 Å². The number of hydrogen-bond donors (Lipinski definition) is 4. The van der Waals surface area contributed by atoms with Gasteiger partial charge in [0, 0.05) is 45.8 Å². The molecule has 4 unspecified atom stereocenters. The number of nitrogens with one attached hydrogen (secondary N) is 4. The van der Waals surface area contributed by atoms with Gasteiger partial charge in [0.15, 0.2) is 35.8 Å². The summed E-state index contributed by atoms with van der Waals surface area (Å²) >= 11 is 1.80. The number of pyridine rings is 1. The van der Waals surface area contributed by atoms with Gasteiger partial charge >= 0.3 is 11.4 Å². The van der Waals surface area contributed by atoms with Crippen LogP contribution in [-0.4, -0.2) is 80.5 Å². The molecule has 0 saturated carbocycles. The number of benzene rings is 11. The molecule has 147 heavy (non-hydrogen) atoms. The molecule has 26 rings (SSSR count). The molecule has 0 fully saturated rings. The lowest BCUT2D eigenvalue weighted by molar-refractivity contribution is 0.174. The van der Waals surface area contributed by atoms with Crippen molar-refractivity contribution >= 4 is 101 Å². The van der Waals surface area contributed by atoms with Gasteiger partial charge in [0.1, 0.15) is 28.2 Å². The van der Waals surface area contributed by atoms with Crippen LogP contribution in [0, 0.1) is 0 Å². The Morgan fingerprint density at radius 3 is 1.46 bits per heavy atom. The molecule has 22 heteroatoms. The molecule has 6 aliphatic heterocycles. The highest BCUT2D eigenvalue weighted by Gasteiger charge is 2.22. The van der Waals surface area contributed by atoms with Gasteiger partial charge in [0.25, 0.3) is 0 Å². The molecule has 21 nitrogen and oxygen atoms in total. The summed E-state index contributed by atoms with van der Waals surface area (Å²) in [6.07, 6.45) is 30.4. The summed E-state index contributed by atoms with van der Waals surface area (Å²) in [6.45, 7) is 54.6. The molecular weight excluding hydrogens is 1850 g/mol. The number of aromatic amines is 2. The third-order valence-electron chi connectivity index (χ3n) is 19.1.